The number of anilines is 2. The first-order valence-electron chi connectivity index (χ1n) is 15.7. The lowest BCUT2D eigenvalue weighted by atomic mass is 10.1. The molecule has 0 saturated carbocycles. The molecule has 2 fully saturated rings. The Bertz CT molecular complexity index is 1310. The second-order valence-electron chi connectivity index (χ2n) is 15.3. The molecule has 4 rings (SSSR count). The van der Waals surface area contributed by atoms with Crippen LogP contribution in [0.1, 0.15) is 48.0 Å². The van der Waals surface area contributed by atoms with Crippen LogP contribution in [-0.4, -0.2) is 59.6 Å². The fourth-order valence-corrected chi connectivity index (χ4v) is 7.84. The van der Waals surface area contributed by atoms with E-state index in [1.807, 2.05) is 58.3 Å². The van der Waals surface area contributed by atoms with Gasteiger partial charge in [0.1, 0.15) is 4.83 Å². The SMILES string of the molecule is CC(C)(C)[Si](C)(C)OCC1CC(=O)N(c2ccc(Br)cc2)C1.CC(C)(C)[Si](C)(C)OCC1CN(c2ccc(Br)cc2)C(=O)C1Br. The number of nitrogens with zero attached hydrogens (tertiary/aromatic N) is 2. The Balaban J connectivity index is 0.000000246. The highest BCUT2D eigenvalue weighted by Crippen LogP contribution is 2.39. The van der Waals surface area contributed by atoms with Crippen molar-refractivity contribution in [2.45, 2.75) is 89.1 Å². The summed E-state index contributed by atoms with van der Waals surface area (Å²) in [5, 5.41) is 0.393. The molecule has 45 heavy (non-hydrogen) atoms. The van der Waals surface area contributed by atoms with Crippen LogP contribution < -0.4 is 9.80 Å². The highest BCUT2D eigenvalue weighted by Gasteiger charge is 2.43. The molecule has 11 heteroatoms. The average Bonchev–Trinajstić information content (AvgIpc) is 3.45. The number of hydrogen-bond donors (Lipinski definition) is 0. The van der Waals surface area contributed by atoms with Crippen molar-refractivity contribution in [3.05, 3.63) is 57.5 Å². The molecule has 2 aliphatic heterocycles. The highest BCUT2D eigenvalue weighted by atomic mass is 79.9. The Labute approximate surface area is 298 Å². The van der Waals surface area contributed by atoms with Crippen LogP contribution in [-0.2, 0) is 18.4 Å². The third-order valence-electron chi connectivity index (χ3n) is 9.77. The Morgan fingerprint density at radius 1 is 0.711 bits per heavy atom. The van der Waals surface area contributed by atoms with E-state index < -0.39 is 16.6 Å². The van der Waals surface area contributed by atoms with Crippen molar-refractivity contribution < 1.29 is 18.4 Å². The van der Waals surface area contributed by atoms with Gasteiger partial charge in [0.05, 0.1) is 0 Å². The first-order valence-corrected chi connectivity index (χ1v) is 24.0. The van der Waals surface area contributed by atoms with Gasteiger partial charge < -0.3 is 18.7 Å². The lowest BCUT2D eigenvalue weighted by Gasteiger charge is -2.37. The van der Waals surface area contributed by atoms with Gasteiger partial charge in [0.15, 0.2) is 16.6 Å². The number of amides is 2. The fourth-order valence-electron chi connectivity index (χ4n) is 4.60. The fraction of sp³-hybridized carbons (Fsp3) is 0.588. The summed E-state index contributed by atoms with van der Waals surface area (Å²) in [5.41, 5.74) is 1.92. The molecule has 3 atom stereocenters. The predicted molar refractivity (Wildman–Crippen MR) is 204 cm³/mol. The normalized spacial score (nSPS) is 21.3. The number of rotatable bonds is 8. The third kappa shape index (κ3) is 10.1. The van der Waals surface area contributed by atoms with E-state index in [2.05, 4.69) is 116 Å². The number of alkyl halides is 1. The molecule has 2 aromatic carbocycles. The summed E-state index contributed by atoms with van der Waals surface area (Å²) in [6.07, 6.45) is 0.588. The maximum Gasteiger partial charge on any atom is 0.241 e. The van der Waals surface area contributed by atoms with Crippen LogP contribution in [0.3, 0.4) is 0 Å². The van der Waals surface area contributed by atoms with Crippen molar-refractivity contribution in [2.24, 2.45) is 11.8 Å². The predicted octanol–water partition coefficient (Wildman–Crippen LogP) is 10.0. The molecule has 3 unspecified atom stereocenters. The van der Waals surface area contributed by atoms with E-state index in [0.717, 1.165) is 26.9 Å². The summed E-state index contributed by atoms with van der Waals surface area (Å²) in [4.78, 5) is 28.4. The van der Waals surface area contributed by atoms with Crippen molar-refractivity contribution in [2.75, 3.05) is 36.1 Å². The standard InChI is InChI=1S/C17H25Br2NO2Si.C17H26BrNO2Si/c1-17(2,3)23(4,5)22-11-12-10-20(16(21)15(12)19)14-8-6-13(18)7-9-14;1-17(2,3)22(4,5)21-12-13-10-16(20)19(11-13)15-8-6-14(18)7-9-15/h6-9,12,15H,10-11H2,1-5H3;6-9,13H,10-12H2,1-5H3. The van der Waals surface area contributed by atoms with Gasteiger partial charge in [0, 0.05) is 64.9 Å². The zero-order valence-corrected chi connectivity index (χ0v) is 35.3. The summed E-state index contributed by atoms with van der Waals surface area (Å²) in [6.45, 7) is 25.2. The van der Waals surface area contributed by atoms with Crippen molar-refractivity contribution >= 4 is 87.6 Å². The van der Waals surface area contributed by atoms with E-state index in [9.17, 15) is 9.59 Å². The zero-order chi connectivity index (χ0) is 34.0. The van der Waals surface area contributed by atoms with E-state index in [1.165, 1.54) is 0 Å². The molecule has 0 bridgehead atoms. The van der Waals surface area contributed by atoms with Gasteiger partial charge in [0.2, 0.25) is 11.8 Å². The number of carbonyl (C=O) groups excluding carboxylic acids is 2. The van der Waals surface area contributed by atoms with Gasteiger partial charge >= 0.3 is 0 Å². The number of carbonyl (C=O) groups is 2. The molecule has 0 aliphatic carbocycles. The minimum Gasteiger partial charge on any atom is -0.416 e. The molecule has 0 spiro atoms. The molecule has 250 valence electrons. The molecule has 2 aliphatic rings. The molecule has 0 N–H and O–H groups in total. The molecule has 0 radical (unpaired) electrons. The topological polar surface area (TPSA) is 59.1 Å². The van der Waals surface area contributed by atoms with Gasteiger partial charge in [0.25, 0.3) is 0 Å². The van der Waals surface area contributed by atoms with E-state index in [4.69, 9.17) is 8.85 Å². The molecule has 0 aromatic heterocycles. The average molecular weight is 848 g/mol. The Kier molecular flexibility index (Phi) is 13.0. The highest BCUT2D eigenvalue weighted by molar-refractivity contribution is 9.10. The number of halogens is 3. The van der Waals surface area contributed by atoms with Gasteiger partial charge in [-0.2, -0.15) is 0 Å². The first kappa shape index (κ1) is 38.6. The monoisotopic (exact) mass is 844 g/mol. The maximum atomic E-state index is 12.5. The third-order valence-corrected chi connectivity index (χ3v) is 21.0. The first-order chi connectivity index (χ1) is 20.6. The van der Waals surface area contributed by atoms with Crippen molar-refractivity contribution in [1.29, 1.82) is 0 Å². The van der Waals surface area contributed by atoms with Crippen LogP contribution in [0.2, 0.25) is 36.3 Å². The molecule has 6 nitrogen and oxygen atoms in total. The van der Waals surface area contributed by atoms with Crippen molar-refractivity contribution in [3.63, 3.8) is 0 Å². The minimum atomic E-state index is -1.79. The minimum absolute atomic E-state index is 0.121. The van der Waals surface area contributed by atoms with E-state index >= 15 is 0 Å². The maximum absolute atomic E-state index is 12.5. The van der Waals surface area contributed by atoms with Crippen LogP contribution in [0.4, 0.5) is 11.4 Å². The molecular weight excluding hydrogens is 796 g/mol. The van der Waals surface area contributed by atoms with Gasteiger partial charge in [-0.1, -0.05) is 89.3 Å². The largest absolute Gasteiger partial charge is 0.416 e. The van der Waals surface area contributed by atoms with Gasteiger partial charge in [-0.15, -0.1) is 0 Å². The van der Waals surface area contributed by atoms with Crippen molar-refractivity contribution in [1.82, 2.24) is 0 Å². The Morgan fingerprint density at radius 3 is 1.58 bits per heavy atom. The Morgan fingerprint density at radius 2 is 1.13 bits per heavy atom. The second-order valence-corrected chi connectivity index (χ2v) is 27.7. The summed E-state index contributed by atoms with van der Waals surface area (Å²) < 4.78 is 14.6. The van der Waals surface area contributed by atoms with Crippen molar-refractivity contribution in [3.8, 4) is 0 Å². The van der Waals surface area contributed by atoms with Crippen LogP contribution in [0.5, 0.6) is 0 Å². The van der Waals surface area contributed by atoms with Gasteiger partial charge in [-0.25, -0.2) is 0 Å². The Hall–Kier alpha value is -0.826. The zero-order valence-electron chi connectivity index (χ0n) is 28.5. The molecule has 2 aromatic rings. The van der Waals surface area contributed by atoms with Crippen LogP contribution in [0, 0.1) is 11.8 Å². The lowest BCUT2D eigenvalue weighted by molar-refractivity contribution is -0.118. The summed E-state index contributed by atoms with van der Waals surface area (Å²) in [6, 6.07) is 15.8. The van der Waals surface area contributed by atoms with Gasteiger partial charge in [-0.05, 0) is 84.8 Å². The van der Waals surface area contributed by atoms with E-state index in [0.29, 0.717) is 32.1 Å². The molecule has 2 amide bonds. The smallest absolute Gasteiger partial charge is 0.241 e. The van der Waals surface area contributed by atoms with Crippen LogP contribution >= 0.6 is 47.8 Å². The molecule has 2 saturated heterocycles. The van der Waals surface area contributed by atoms with Gasteiger partial charge in [-0.3, -0.25) is 9.59 Å². The lowest BCUT2D eigenvalue weighted by Crippen LogP contribution is -2.42. The summed E-state index contributed by atoms with van der Waals surface area (Å²) in [7, 11) is -3.53. The second kappa shape index (κ2) is 15.2. The van der Waals surface area contributed by atoms with E-state index in [-0.39, 0.29) is 32.6 Å². The quantitative estimate of drug-likeness (QED) is 0.196. The molecule has 2 heterocycles. The van der Waals surface area contributed by atoms with E-state index in [1.54, 1.807) is 0 Å². The number of hydrogen-bond acceptors (Lipinski definition) is 4. The summed E-state index contributed by atoms with van der Waals surface area (Å²) in [5.74, 6) is 0.799. The number of benzene rings is 2. The van der Waals surface area contributed by atoms with Crippen LogP contribution in [0.25, 0.3) is 0 Å². The molecular formula is C34H51Br3N2O4Si2. The van der Waals surface area contributed by atoms with Crippen LogP contribution in [0.15, 0.2) is 57.5 Å². The summed E-state index contributed by atoms with van der Waals surface area (Å²) >= 11 is 10.4.